The van der Waals surface area contributed by atoms with E-state index in [2.05, 4.69) is 26.5 Å². The molecular formula is C15H10BrN3O5. The van der Waals surface area contributed by atoms with Gasteiger partial charge in [0.05, 0.1) is 11.1 Å². The highest BCUT2D eigenvalue weighted by Gasteiger charge is 2.15. The lowest BCUT2D eigenvalue weighted by Gasteiger charge is -2.02. The zero-order valence-corrected chi connectivity index (χ0v) is 13.6. The molecule has 0 bridgehead atoms. The molecule has 122 valence electrons. The standard InChI is InChI=1S/C15H10BrN3O5/c16-12-6-14-13(23-8-24-14)5-10(12)7-17-18-15(20)9-2-1-3-11(4-9)19(21)22/h1-7H,8H2,(H,18,20). The third-order valence-electron chi connectivity index (χ3n) is 3.18. The Morgan fingerprint density at radius 2 is 2.04 bits per heavy atom. The summed E-state index contributed by atoms with van der Waals surface area (Å²) in [6.07, 6.45) is 1.43. The van der Waals surface area contributed by atoms with Gasteiger partial charge in [-0.1, -0.05) is 6.07 Å². The van der Waals surface area contributed by atoms with Gasteiger partial charge in [0.15, 0.2) is 11.5 Å². The zero-order valence-electron chi connectivity index (χ0n) is 12.1. The molecule has 0 aromatic heterocycles. The summed E-state index contributed by atoms with van der Waals surface area (Å²) in [6.45, 7) is 0.159. The first-order valence-corrected chi connectivity index (χ1v) is 7.51. The van der Waals surface area contributed by atoms with E-state index in [-0.39, 0.29) is 18.0 Å². The van der Waals surface area contributed by atoms with E-state index in [1.165, 1.54) is 30.5 Å². The number of hydrazone groups is 1. The van der Waals surface area contributed by atoms with Gasteiger partial charge in [0.2, 0.25) is 6.79 Å². The number of amides is 1. The number of hydrogen-bond donors (Lipinski definition) is 1. The van der Waals surface area contributed by atoms with Crippen molar-refractivity contribution in [2.45, 2.75) is 0 Å². The normalized spacial score (nSPS) is 12.4. The summed E-state index contributed by atoms with van der Waals surface area (Å²) >= 11 is 3.37. The van der Waals surface area contributed by atoms with Crippen molar-refractivity contribution in [2.75, 3.05) is 6.79 Å². The summed E-state index contributed by atoms with van der Waals surface area (Å²) in [5.74, 6) is 0.663. The summed E-state index contributed by atoms with van der Waals surface area (Å²) in [5.41, 5.74) is 2.99. The van der Waals surface area contributed by atoms with Gasteiger partial charge in [-0.15, -0.1) is 0 Å². The van der Waals surface area contributed by atoms with Crippen molar-refractivity contribution >= 4 is 33.7 Å². The Hall–Kier alpha value is -2.94. The van der Waals surface area contributed by atoms with Crippen LogP contribution in [0.3, 0.4) is 0 Å². The topological polar surface area (TPSA) is 103 Å². The number of fused-ring (bicyclic) bond motifs is 1. The minimum Gasteiger partial charge on any atom is -0.454 e. The SMILES string of the molecule is O=C(NN=Cc1cc2c(cc1Br)OCO2)c1cccc([N+](=O)[O-])c1. The Kier molecular flexibility index (Phi) is 4.43. The average molecular weight is 392 g/mol. The van der Waals surface area contributed by atoms with Crippen molar-refractivity contribution in [3.05, 3.63) is 62.1 Å². The van der Waals surface area contributed by atoms with Crippen LogP contribution >= 0.6 is 15.9 Å². The molecule has 0 spiro atoms. The third kappa shape index (κ3) is 3.35. The molecule has 0 fully saturated rings. The van der Waals surface area contributed by atoms with Gasteiger partial charge in [0.1, 0.15) is 0 Å². The van der Waals surface area contributed by atoms with Crippen LogP contribution in [0.4, 0.5) is 5.69 Å². The Morgan fingerprint density at radius 3 is 2.79 bits per heavy atom. The number of carbonyl (C=O) groups is 1. The van der Waals surface area contributed by atoms with Gasteiger partial charge in [0, 0.05) is 27.7 Å². The van der Waals surface area contributed by atoms with Gasteiger partial charge >= 0.3 is 0 Å². The van der Waals surface area contributed by atoms with Crippen LogP contribution in [0.15, 0.2) is 46.0 Å². The van der Waals surface area contributed by atoms with Gasteiger partial charge in [-0.3, -0.25) is 14.9 Å². The minimum absolute atomic E-state index is 0.145. The predicted octanol–water partition coefficient (Wildman–Crippen LogP) is 2.85. The molecule has 0 unspecified atom stereocenters. The van der Waals surface area contributed by atoms with Crippen molar-refractivity contribution in [3.8, 4) is 11.5 Å². The summed E-state index contributed by atoms with van der Waals surface area (Å²) in [6, 6.07) is 8.85. The number of carbonyl (C=O) groups excluding carboxylic acids is 1. The van der Waals surface area contributed by atoms with E-state index in [0.717, 1.165) is 4.47 Å². The van der Waals surface area contributed by atoms with Crippen molar-refractivity contribution in [2.24, 2.45) is 5.10 Å². The Labute approximate surface area is 144 Å². The molecule has 0 aliphatic carbocycles. The van der Waals surface area contributed by atoms with Crippen LogP contribution in [0.25, 0.3) is 0 Å². The monoisotopic (exact) mass is 391 g/mol. The molecule has 1 amide bonds. The fourth-order valence-corrected chi connectivity index (χ4v) is 2.44. The summed E-state index contributed by atoms with van der Waals surface area (Å²) in [4.78, 5) is 22.1. The first kappa shape index (κ1) is 15.9. The highest BCUT2D eigenvalue weighted by molar-refractivity contribution is 9.10. The second kappa shape index (κ2) is 6.67. The molecule has 1 N–H and O–H groups in total. The molecule has 1 aliphatic rings. The maximum atomic E-state index is 12.0. The molecule has 3 rings (SSSR count). The van der Waals surface area contributed by atoms with E-state index in [1.54, 1.807) is 12.1 Å². The number of ether oxygens (including phenoxy) is 2. The highest BCUT2D eigenvalue weighted by Crippen LogP contribution is 2.36. The van der Waals surface area contributed by atoms with E-state index >= 15 is 0 Å². The molecule has 2 aromatic carbocycles. The third-order valence-corrected chi connectivity index (χ3v) is 3.87. The Morgan fingerprint density at radius 1 is 1.29 bits per heavy atom. The van der Waals surface area contributed by atoms with Crippen molar-refractivity contribution < 1.29 is 19.2 Å². The molecular weight excluding hydrogens is 382 g/mol. The van der Waals surface area contributed by atoms with E-state index in [1.807, 2.05) is 0 Å². The number of rotatable bonds is 4. The van der Waals surface area contributed by atoms with E-state index in [9.17, 15) is 14.9 Å². The van der Waals surface area contributed by atoms with Crippen LogP contribution in [0.1, 0.15) is 15.9 Å². The lowest BCUT2D eigenvalue weighted by Crippen LogP contribution is -2.17. The molecule has 9 heteroatoms. The molecule has 24 heavy (non-hydrogen) atoms. The molecule has 2 aromatic rings. The van der Waals surface area contributed by atoms with Crippen LogP contribution in [-0.2, 0) is 0 Å². The number of halogens is 1. The highest BCUT2D eigenvalue weighted by atomic mass is 79.9. The number of hydrogen-bond acceptors (Lipinski definition) is 6. The van der Waals surface area contributed by atoms with Crippen LogP contribution in [0, 0.1) is 10.1 Å². The van der Waals surface area contributed by atoms with Gasteiger partial charge in [-0.25, -0.2) is 5.43 Å². The average Bonchev–Trinajstić information content (AvgIpc) is 3.02. The predicted molar refractivity (Wildman–Crippen MR) is 88.4 cm³/mol. The van der Waals surface area contributed by atoms with Gasteiger partial charge < -0.3 is 9.47 Å². The lowest BCUT2D eigenvalue weighted by atomic mass is 10.2. The lowest BCUT2D eigenvalue weighted by molar-refractivity contribution is -0.384. The maximum Gasteiger partial charge on any atom is 0.271 e. The van der Waals surface area contributed by atoms with Gasteiger partial charge in [-0.2, -0.15) is 5.10 Å². The molecule has 0 saturated carbocycles. The molecule has 1 heterocycles. The Balaban J connectivity index is 1.71. The second-order valence-electron chi connectivity index (χ2n) is 4.73. The number of benzene rings is 2. The second-order valence-corrected chi connectivity index (χ2v) is 5.59. The quantitative estimate of drug-likeness (QED) is 0.490. The number of nitrogens with one attached hydrogen (secondary N) is 1. The fraction of sp³-hybridized carbons (Fsp3) is 0.0667. The molecule has 1 aliphatic heterocycles. The summed E-state index contributed by atoms with van der Waals surface area (Å²) < 4.78 is 11.2. The number of non-ortho nitro benzene ring substituents is 1. The van der Waals surface area contributed by atoms with Crippen LogP contribution < -0.4 is 14.9 Å². The number of nitro groups is 1. The summed E-state index contributed by atoms with van der Waals surface area (Å²) in [7, 11) is 0. The van der Waals surface area contributed by atoms with Gasteiger partial charge in [0.25, 0.3) is 11.6 Å². The van der Waals surface area contributed by atoms with Crippen molar-refractivity contribution in [1.29, 1.82) is 0 Å². The summed E-state index contributed by atoms with van der Waals surface area (Å²) in [5, 5.41) is 14.6. The minimum atomic E-state index is -0.566. The largest absolute Gasteiger partial charge is 0.454 e. The first-order valence-electron chi connectivity index (χ1n) is 6.71. The molecule has 0 saturated heterocycles. The van der Waals surface area contributed by atoms with E-state index < -0.39 is 10.8 Å². The number of nitro benzene ring substituents is 1. The Bertz CT molecular complexity index is 853. The fourth-order valence-electron chi connectivity index (χ4n) is 2.02. The van der Waals surface area contributed by atoms with Crippen molar-refractivity contribution in [3.63, 3.8) is 0 Å². The molecule has 0 atom stereocenters. The van der Waals surface area contributed by atoms with E-state index in [0.29, 0.717) is 17.1 Å². The van der Waals surface area contributed by atoms with Gasteiger partial charge in [-0.05, 0) is 34.1 Å². The number of nitrogens with zero attached hydrogens (tertiary/aromatic N) is 2. The van der Waals surface area contributed by atoms with Crippen LogP contribution in [0.2, 0.25) is 0 Å². The van der Waals surface area contributed by atoms with E-state index in [4.69, 9.17) is 9.47 Å². The molecule has 0 radical (unpaired) electrons. The smallest absolute Gasteiger partial charge is 0.271 e. The first-order chi connectivity index (χ1) is 11.5. The van der Waals surface area contributed by atoms with Crippen LogP contribution in [-0.4, -0.2) is 23.8 Å². The van der Waals surface area contributed by atoms with Crippen molar-refractivity contribution in [1.82, 2.24) is 5.43 Å². The van der Waals surface area contributed by atoms with Crippen LogP contribution in [0.5, 0.6) is 11.5 Å². The molecule has 8 nitrogen and oxygen atoms in total. The zero-order chi connectivity index (χ0) is 17.1. The maximum absolute atomic E-state index is 12.0.